The number of hydrogen-bond acceptors (Lipinski definition) is 5. The molecule has 0 bridgehead atoms. The van der Waals surface area contributed by atoms with E-state index >= 15 is 0 Å². The van der Waals surface area contributed by atoms with Gasteiger partial charge in [0.15, 0.2) is 5.82 Å². The van der Waals surface area contributed by atoms with Crippen LogP contribution in [0.3, 0.4) is 0 Å². The first kappa shape index (κ1) is 12.4. The molecule has 1 unspecified atom stereocenters. The quantitative estimate of drug-likeness (QED) is 0.591. The van der Waals surface area contributed by atoms with Crippen molar-refractivity contribution in [2.45, 2.75) is 18.9 Å². The molecule has 6 nitrogen and oxygen atoms in total. The Morgan fingerprint density at radius 3 is 3.16 bits per heavy atom. The van der Waals surface area contributed by atoms with E-state index in [0.29, 0.717) is 17.4 Å². The van der Waals surface area contributed by atoms with E-state index in [9.17, 15) is 4.79 Å². The fourth-order valence-electron chi connectivity index (χ4n) is 3.04. The Hall–Kier alpha value is -1.66. The van der Waals surface area contributed by atoms with Gasteiger partial charge < -0.3 is 10.3 Å². The van der Waals surface area contributed by atoms with Crippen LogP contribution in [0, 0.1) is 0 Å². The van der Waals surface area contributed by atoms with Crippen LogP contribution in [0.4, 0.5) is 5.82 Å². The normalized spacial score (nSPS) is 23.2. The number of aromatic nitrogens is 1. The minimum absolute atomic E-state index is 0.0209. The molecule has 3 rings (SSSR count). The summed E-state index contributed by atoms with van der Waals surface area (Å²) in [5.74, 6) is 5.88. The number of carbonyl (C=O) groups excluding carboxylic acids is 1. The number of nitrogens with zero attached hydrogens (tertiary/aromatic N) is 3. The van der Waals surface area contributed by atoms with Gasteiger partial charge in [0.2, 0.25) is 0 Å². The van der Waals surface area contributed by atoms with Gasteiger partial charge in [0, 0.05) is 31.9 Å². The third kappa shape index (κ3) is 2.29. The number of nitrogens with one attached hydrogen (secondary N) is 1. The number of nitrogen functional groups attached to an aromatic ring is 1. The molecule has 1 aromatic rings. The number of carbonyl (C=O) groups is 1. The van der Waals surface area contributed by atoms with Crippen LogP contribution in [0.1, 0.15) is 23.2 Å². The van der Waals surface area contributed by atoms with Crippen LogP contribution in [-0.4, -0.2) is 52.9 Å². The standard InChI is InChI=1S/C13H19N5O/c14-16-12-11(4-1-5-15-12)13(19)18-8-7-17-6-2-3-10(17)9-18/h1,4-5,10H,2-3,6-9,14H2,(H,15,16). The average molecular weight is 261 g/mol. The van der Waals surface area contributed by atoms with Crippen LogP contribution in [0.2, 0.25) is 0 Å². The summed E-state index contributed by atoms with van der Waals surface area (Å²) in [5.41, 5.74) is 3.05. The number of hydrogen-bond donors (Lipinski definition) is 2. The van der Waals surface area contributed by atoms with Gasteiger partial charge in [-0.25, -0.2) is 10.8 Å². The fourth-order valence-corrected chi connectivity index (χ4v) is 3.04. The lowest BCUT2D eigenvalue weighted by Gasteiger charge is -2.37. The van der Waals surface area contributed by atoms with Crippen molar-refractivity contribution in [2.24, 2.45) is 5.84 Å². The molecule has 3 N–H and O–H groups in total. The summed E-state index contributed by atoms with van der Waals surface area (Å²) in [6, 6.07) is 4.06. The van der Waals surface area contributed by atoms with Gasteiger partial charge in [0.1, 0.15) is 0 Å². The molecule has 0 aromatic carbocycles. The van der Waals surface area contributed by atoms with Crippen molar-refractivity contribution in [2.75, 3.05) is 31.6 Å². The van der Waals surface area contributed by atoms with E-state index in [-0.39, 0.29) is 5.91 Å². The van der Waals surface area contributed by atoms with Crippen molar-refractivity contribution >= 4 is 11.7 Å². The molecule has 2 fully saturated rings. The van der Waals surface area contributed by atoms with Crippen LogP contribution in [0.5, 0.6) is 0 Å². The molecule has 1 atom stereocenters. The Labute approximate surface area is 112 Å². The summed E-state index contributed by atoms with van der Waals surface area (Å²) < 4.78 is 0. The summed E-state index contributed by atoms with van der Waals surface area (Å²) >= 11 is 0. The zero-order valence-corrected chi connectivity index (χ0v) is 10.9. The molecular formula is C13H19N5O. The second-order valence-electron chi connectivity index (χ2n) is 5.13. The molecular weight excluding hydrogens is 242 g/mol. The lowest BCUT2D eigenvalue weighted by atomic mass is 10.1. The Bertz CT molecular complexity index is 478. The second kappa shape index (κ2) is 5.14. The molecule has 2 aliphatic heterocycles. The van der Waals surface area contributed by atoms with E-state index in [1.54, 1.807) is 18.3 Å². The molecule has 19 heavy (non-hydrogen) atoms. The monoisotopic (exact) mass is 261 g/mol. The number of fused-ring (bicyclic) bond motifs is 1. The molecule has 1 aromatic heterocycles. The van der Waals surface area contributed by atoms with E-state index in [1.165, 1.54) is 19.4 Å². The largest absolute Gasteiger partial charge is 0.336 e. The van der Waals surface area contributed by atoms with Crippen molar-refractivity contribution in [3.05, 3.63) is 23.9 Å². The molecule has 3 heterocycles. The highest BCUT2D eigenvalue weighted by Crippen LogP contribution is 2.23. The topological polar surface area (TPSA) is 74.5 Å². The van der Waals surface area contributed by atoms with E-state index < -0.39 is 0 Å². The number of rotatable bonds is 2. The predicted molar refractivity (Wildman–Crippen MR) is 72.5 cm³/mol. The third-order valence-corrected chi connectivity index (χ3v) is 4.05. The summed E-state index contributed by atoms with van der Waals surface area (Å²) in [4.78, 5) is 21.0. The van der Waals surface area contributed by atoms with E-state index in [4.69, 9.17) is 5.84 Å². The highest BCUT2D eigenvalue weighted by atomic mass is 16.2. The Morgan fingerprint density at radius 2 is 2.32 bits per heavy atom. The molecule has 0 spiro atoms. The zero-order chi connectivity index (χ0) is 13.2. The number of hydrazine groups is 1. The van der Waals surface area contributed by atoms with Crippen molar-refractivity contribution in [3.8, 4) is 0 Å². The molecule has 6 heteroatoms. The van der Waals surface area contributed by atoms with Crippen LogP contribution in [0.15, 0.2) is 18.3 Å². The summed E-state index contributed by atoms with van der Waals surface area (Å²) in [6.07, 6.45) is 4.06. The first-order valence-corrected chi connectivity index (χ1v) is 6.74. The molecule has 0 radical (unpaired) electrons. The molecule has 2 aliphatic rings. The van der Waals surface area contributed by atoms with Crippen LogP contribution < -0.4 is 11.3 Å². The van der Waals surface area contributed by atoms with Gasteiger partial charge in [0.05, 0.1) is 5.56 Å². The minimum atomic E-state index is 0.0209. The summed E-state index contributed by atoms with van der Waals surface area (Å²) in [7, 11) is 0. The maximum atomic E-state index is 12.5. The lowest BCUT2D eigenvalue weighted by molar-refractivity contribution is 0.0572. The SMILES string of the molecule is NNc1ncccc1C(=O)N1CCN2CCCC2C1. The maximum absolute atomic E-state index is 12.5. The number of amides is 1. The van der Waals surface area contributed by atoms with Gasteiger partial charge in [-0.2, -0.15) is 0 Å². The highest BCUT2D eigenvalue weighted by Gasteiger charge is 2.33. The first-order valence-electron chi connectivity index (χ1n) is 6.74. The van der Waals surface area contributed by atoms with Crippen LogP contribution in [-0.2, 0) is 0 Å². The van der Waals surface area contributed by atoms with Gasteiger partial charge in [-0.05, 0) is 31.5 Å². The third-order valence-electron chi connectivity index (χ3n) is 4.05. The number of piperazine rings is 1. The molecule has 2 saturated heterocycles. The van der Waals surface area contributed by atoms with E-state index in [2.05, 4.69) is 15.3 Å². The predicted octanol–water partition coefficient (Wildman–Crippen LogP) is 0.287. The minimum Gasteiger partial charge on any atom is -0.336 e. The zero-order valence-electron chi connectivity index (χ0n) is 10.9. The van der Waals surface area contributed by atoms with Gasteiger partial charge in [-0.1, -0.05) is 0 Å². The summed E-state index contributed by atoms with van der Waals surface area (Å²) in [6.45, 7) is 3.75. The van der Waals surface area contributed by atoms with Crippen molar-refractivity contribution < 1.29 is 4.79 Å². The van der Waals surface area contributed by atoms with Crippen LogP contribution >= 0.6 is 0 Å². The van der Waals surface area contributed by atoms with Gasteiger partial charge in [-0.3, -0.25) is 9.69 Å². The smallest absolute Gasteiger partial charge is 0.257 e. The molecule has 0 aliphatic carbocycles. The second-order valence-corrected chi connectivity index (χ2v) is 5.13. The maximum Gasteiger partial charge on any atom is 0.257 e. The van der Waals surface area contributed by atoms with Crippen molar-refractivity contribution in [1.82, 2.24) is 14.8 Å². The van der Waals surface area contributed by atoms with E-state index in [1.807, 2.05) is 4.90 Å². The lowest BCUT2D eigenvalue weighted by Crippen LogP contribution is -2.52. The van der Waals surface area contributed by atoms with E-state index in [0.717, 1.165) is 19.6 Å². The number of nitrogens with two attached hydrogens (primary N) is 1. The van der Waals surface area contributed by atoms with Crippen LogP contribution in [0.25, 0.3) is 0 Å². The van der Waals surface area contributed by atoms with Crippen molar-refractivity contribution in [3.63, 3.8) is 0 Å². The molecule has 0 saturated carbocycles. The highest BCUT2D eigenvalue weighted by molar-refractivity contribution is 5.98. The summed E-state index contributed by atoms with van der Waals surface area (Å²) in [5, 5.41) is 0. The Morgan fingerprint density at radius 1 is 1.42 bits per heavy atom. The van der Waals surface area contributed by atoms with Gasteiger partial charge >= 0.3 is 0 Å². The number of anilines is 1. The fraction of sp³-hybridized carbons (Fsp3) is 0.538. The Balaban J connectivity index is 1.76. The molecule has 102 valence electrons. The molecule has 1 amide bonds. The number of pyridine rings is 1. The van der Waals surface area contributed by atoms with Crippen molar-refractivity contribution in [1.29, 1.82) is 0 Å². The Kier molecular flexibility index (Phi) is 3.35. The van der Waals surface area contributed by atoms with Gasteiger partial charge in [0.25, 0.3) is 5.91 Å². The first-order chi connectivity index (χ1) is 9.29. The van der Waals surface area contributed by atoms with Gasteiger partial charge in [-0.15, -0.1) is 0 Å². The average Bonchev–Trinajstić information content (AvgIpc) is 2.93.